The fourth-order valence-corrected chi connectivity index (χ4v) is 5.66. The summed E-state index contributed by atoms with van der Waals surface area (Å²) in [4.78, 5) is 0. The van der Waals surface area contributed by atoms with Crippen LogP contribution < -0.4 is 4.78 Å². The van der Waals surface area contributed by atoms with E-state index in [4.69, 9.17) is 0 Å². The summed E-state index contributed by atoms with van der Waals surface area (Å²) in [6.07, 6.45) is 10.8. The van der Waals surface area contributed by atoms with Gasteiger partial charge in [0, 0.05) is 4.70 Å². The van der Waals surface area contributed by atoms with Crippen LogP contribution in [0.4, 0.5) is 0 Å². The van der Waals surface area contributed by atoms with Gasteiger partial charge in [0.05, 0.1) is 0 Å². The van der Waals surface area contributed by atoms with E-state index in [0.717, 1.165) is 5.92 Å². The molecule has 2 aromatic rings. The summed E-state index contributed by atoms with van der Waals surface area (Å²) >= 11 is 1.94. The van der Waals surface area contributed by atoms with Crippen LogP contribution in [0.2, 0.25) is 0 Å². The number of benzene rings is 1. The summed E-state index contributed by atoms with van der Waals surface area (Å²) < 4.78 is 2.81. The fraction of sp³-hybridized carbons (Fsp3) is 0.520. The van der Waals surface area contributed by atoms with E-state index in [-0.39, 0.29) is 10.8 Å². The first-order chi connectivity index (χ1) is 12.7. The molecule has 0 fully saturated rings. The van der Waals surface area contributed by atoms with E-state index in [1.807, 2.05) is 11.3 Å². The Labute approximate surface area is 170 Å². The van der Waals surface area contributed by atoms with Crippen LogP contribution in [0, 0.1) is 11.8 Å². The van der Waals surface area contributed by atoms with Crippen molar-refractivity contribution in [1.82, 2.24) is 0 Å². The van der Waals surface area contributed by atoms with Gasteiger partial charge in [-0.05, 0) is 81.4 Å². The molecule has 4 rings (SSSR count). The van der Waals surface area contributed by atoms with Gasteiger partial charge in [0.1, 0.15) is 0 Å². The second-order valence-corrected chi connectivity index (χ2v) is 11.3. The van der Waals surface area contributed by atoms with Crippen molar-refractivity contribution < 1.29 is 0 Å². The average Bonchev–Trinajstić information content (AvgIpc) is 3.00. The number of rotatable bonds is 3. The third-order valence-corrected chi connectivity index (χ3v) is 7.88. The van der Waals surface area contributed by atoms with Gasteiger partial charge in [0.25, 0.3) is 0 Å². The smallest absolute Gasteiger partial charge is 0.151 e. The summed E-state index contributed by atoms with van der Waals surface area (Å²) in [5.41, 5.74) is 5.06. The summed E-state index contributed by atoms with van der Waals surface area (Å²) in [5, 5.41) is 1.41. The van der Waals surface area contributed by atoms with E-state index in [1.165, 1.54) is 39.6 Å². The van der Waals surface area contributed by atoms with Crippen LogP contribution in [-0.2, 0) is 10.8 Å². The Morgan fingerprint density at radius 1 is 1.00 bits per heavy atom. The summed E-state index contributed by atoms with van der Waals surface area (Å²) in [7, 11) is 2.37. The molecule has 0 spiro atoms. The molecule has 0 amide bonds. The van der Waals surface area contributed by atoms with Crippen molar-refractivity contribution in [3.05, 3.63) is 53.0 Å². The highest BCUT2D eigenvalue weighted by atomic mass is 32.1. The minimum absolute atomic E-state index is 0.283. The minimum atomic E-state index is 0.283. The lowest BCUT2D eigenvalue weighted by molar-refractivity contribution is 0.332. The maximum absolute atomic E-state index is 2.49. The second kappa shape index (κ2) is 6.66. The predicted molar refractivity (Wildman–Crippen MR) is 123 cm³/mol. The molecule has 27 heavy (non-hydrogen) atoms. The number of fused-ring (bicyclic) bond motifs is 2. The zero-order valence-electron chi connectivity index (χ0n) is 17.7. The van der Waals surface area contributed by atoms with Crippen molar-refractivity contribution in [3.8, 4) is 0 Å². The van der Waals surface area contributed by atoms with Crippen LogP contribution in [0.5, 0.6) is 0 Å². The van der Waals surface area contributed by atoms with Crippen molar-refractivity contribution >= 4 is 33.5 Å². The van der Waals surface area contributed by atoms with Crippen molar-refractivity contribution in [2.24, 2.45) is 11.8 Å². The molecule has 1 aromatic carbocycles. The predicted octanol–water partition coefficient (Wildman–Crippen LogP) is 6.70. The van der Waals surface area contributed by atoms with Crippen LogP contribution >= 0.6 is 11.3 Å². The highest BCUT2D eigenvalue weighted by Crippen LogP contribution is 2.47. The molecular weight excluding hydrogens is 343 g/mol. The molecular formula is C25H32BS. The Kier molecular flexibility index (Phi) is 4.70. The lowest BCUT2D eigenvalue weighted by atomic mass is 9.63. The van der Waals surface area contributed by atoms with Crippen LogP contribution in [0.3, 0.4) is 0 Å². The van der Waals surface area contributed by atoms with Crippen LogP contribution in [-0.4, -0.2) is 7.28 Å². The van der Waals surface area contributed by atoms with Gasteiger partial charge >= 0.3 is 0 Å². The zero-order valence-corrected chi connectivity index (χ0v) is 18.5. The van der Waals surface area contributed by atoms with Crippen LogP contribution in [0.15, 0.2) is 41.9 Å². The molecule has 0 saturated heterocycles. The van der Waals surface area contributed by atoms with Gasteiger partial charge in [0.15, 0.2) is 0 Å². The van der Waals surface area contributed by atoms with E-state index in [2.05, 4.69) is 85.2 Å². The molecule has 1 unspecified atom stereocenters. The van der Waals surface area contributed by atoms with E-state index >= 15 is 0 Å². The molecule has 141 valence electrons. The maximum Gasteiger partial charge on any atom is 0.204 e. The van der Waals surface area contributed by atoms with E-state index < -0.39 is 0 Å². The maximum atomic E-state index is 2.49. The molecule has 0 saturated carbocycles. The first-order valence-electron chi connectivity index (χ1n) is 10.5. The van der Waals surface area contributed by atoms with Gasteiger partial charge in [-0.15, -0.1) is 0 Å². The van der Waals surface area contributed by atoms with Crippen LogP contribution in [0.25, 0.3) is 10.1 Å². The normalized spacial score (nSPS) is 23.4. The Balaban J connectivity index is 1.65. The minimum Gasteiger partial charge on any atom is -0.151 e. The van der Waals surface area contributed by atoms with Gasteiger partial charge in [-0.25, -0.2) is 0 Å². The largest absolute Gasteiger partial charge is 0.204 e. The van der Waals surface area contributed by atoms with Crippen molar-refractivity contribution in [3.63, 3.8) is 0 Å². The highest BCUT2D eigenvalue weighted by Gasteiger charge is 2.37. The molecule has 0 nitrogen and oxygen atoms in total. The second-order valence-electron chi connectivity index (χ2n) is 10.2. The fourth-order valence-electron chi connectivity index (χ4n) is 4.61. The van der Waals surface area contributed by atoms with Crippen molar-refractivity contribution in [1.29, 1.82) is 0 Å². The summed E-state index contributed by atoms with van der Waals surface area (Å²) in [6.45, 7) is 14.3. The number of allylic oxidation sites excluding steroid dienone is 4. The number of hydrogen-bond acceptors (Lipinski definition) is 1. The molecule has 2 aliphatic carbocycles. The Morgan fingerprint density at radius 3 is 2.26 bits per heavy atom. The molecule has 1 aromatic heterocycles. The van der Waals surface area contributed by atoms with Gasteiger partial charge in [0.2, 0.25) is 7.28 Å². The number of thiophene rings is 1. The Hall–Kier alpha value is -1.28. The first kappa shape index (κ1) is 19.1. The van der Waals surface area contributed by atoms with E-state index in [0.29, 0.717) is 5.92 Å². The Bertz CT molecular complexity index is 870. The van der Waals surface area contributed by atoms with Crippen LogP contribution in [0.1, 0.15) is 71.9 Å². The zero-order chi connectivity index (χ0) is 19.4. The standard InChI is InChI=1S/C25H32BS/c1-16(2)17-7-9-19(10-8-17)26-23-14-18-13-20-21(15-22(18)27-23)25(5,6)12-11-24(20,3)4/h7,9-10,13-17H,8,11-12H2,1-6H3. The molecule has 2 heteroatoms. The highest BCUT2D eigenvalue weighted by molar-refractivity contribution is 7.27. The van der Waals surface area contributed by atoms with Gasteiger partial charge in [-0.3, -0.25) is 0 Å². The SMILES string of the molecule is CC(C)C1C=CC([B]c2cc3cc4c(cc3s2)C(C)(C)CCC4(C)C)=CC1. The molecule has 0 aliphatic heterocycles. The summed E-state index contributed by atoms with van der Waals surface area (Å²) in [6, 6.07) is 7.37. The summed E-state index contributed by atoms with van der Waals surface area (Å²) in [5.74, 6) is 1.42. The molecule has 0 bridgehead atoms. The topological polar surface area (TPSA) is 0 Å². The third-order valence-electron chi connectivity index (χ3n) is 6.84. The monoisotopic (exact) mass is 375 g/mol. The molecule has 0 N–H and O–H groups in total. The quantitative estimate of drug-likeness (QED) is 0.524. The van der Waals surface area contributed by atoms with Crippen molar-refractivity contribution in [2.75, 3.05) is 0 Å². The first-order valence-corrected chi connectivity index (χ1v) is 11.3. The van der Waals surface area contributed by atoms with Gasteiger partial charge in [-0.2, -0.15) is 11.3 Å². The molecule has 1 radical (unpaired) electrons. The molecule has 1 heterocycles. The van der Waals surface area contributed by atoms with E-state index in [1.54, 1.807) is 11.1 Å². The molecule has 2 aliphatic rings. The lowest BCUT2D eigenvalue weighted by Gasteiger charge is -2.41. The number of hydrogen-bond donors (Lipinski definition) is 0. The van der Waals surface area contributed by atoms with E-state index in [9.17, 15) is 0 Å². The lowest BCUT2D eigenvalue weighted by Crippen LogP contribution is -2.33. The molecule has 1 atom stereocenters. The third kappa shape index (κ3) is 3.58. The van der Waals surface area contributed by atoms with Gasteiger partial charge < -0.3 is 0 Å². The Morgan fingerprint density at radius 2 is 1.67 bits per heavy atom. The van der Waals surface area contributed by atoms with Crippen molar-refractivity contribution in [2.45, 2.75) is 71.6 Å². The average molecular weight is 375 g/mol. The van der Waals surface area contributed by atoms with Gasteiger partial charge in [-0.1, -0.05) is 65.2 Å².